The molecule has 0 saturated heterocycles. The van der Waals surface area contributed by atoms with Crippen molar-refractivity contribution in [2.75, 3.05) is 14.2 Å². The van der Waals surface area contributed by atoms with Gasteiger partial charge < -0.3 is 9.47 Å². The minimum absolute atomic E-state index is 0.0431. The summed E-state index contributed by atoms with van der Waals surface area (Å²) in [5.74, 6) is 1.26. The zero-order chi connectivity index (χ0) is 12.7. The van der Waals surface area contributed by atoms with Crippen molar-refractivity contribution >= 4 is 5.78 Å². The molecule has 0 radical (unpaired) electrons. The minimum Gasteiger partial charge on any atom is -0.493 e. The lowest BCUT2D eigenvalue weighted by molar-refractivity contribution is 0.104. The number of carbonyl (C=O) groups excluding carboxylic acids is 1. The topological polar surface area (TPSA) is 35.5 Å². The van der Waals surface area contributed by atoms with E-state index in [1.807, 2.05) is 30.3 Å². The summed E-state index contributed by atoms with van der Waals surface area (Å²) < 4.78 is 10.5. The van der Waals surface area contributed by atoms with Crippen LogP contribution in [-0.4, -0.2) is 20.0 Å². The maximum Gasteiger partial charge on any atom is 0.194 e. The number of ether oxygens (including phenoxy) is 2. The Kier molecular flexibility index (Phi) is 2.33. The van der Waals surface area contributed by atoms with E-state index >= 15 is 0 Å². The first-order chi connectivity index (χ1) is 8.76. The van der Waals surface area contributed by atoms with Crippen LogP contribution in [-0.2, 0) is 0 Å². The van der Waals surface area contributed by atoms with Crippen molar-refractivity contribution < 1.29 is 14.3 Å². The smallest absolute Gasteiger partial charge is 0.194 e. The van der Waals surface area contributed by atoms with Crippen molar-refractivity contribution in [2.45, 2.75) is 0 Å². The molecule has 0 aromatic heterocycles. The van der Waals surface area contributed by atoms with Gasteiger partial charge in [0.05, 0.1) is 14.2 Å². The second-order valence-electron chi connectivity index (χ2n) is 4.13. The predicted octanol–water partition coefficient (Wildman–Crippen LogP) is 2.92. The van der Waals surface area contributed by atoms with E-state index in [0.717, 1.165) is 16.7 Å². The maximum atomic E-state index is 12.3. The van der Waals surface area contributed by atoms with Crippen molar-refractivity contribution in [3.05, 3.63) is 47.5 Å². The third-order valence-corrected chi connectivity index (χ3v) is 3.23. The Morgan fingerprint density at radius 1 is 0.778 bits per heavy atom. The first-order valence-electron chi connectivity index (χ1n) is 5.66. The number of rotatable bonds is 2. The Bertz CT molecular complexity index is 644. The molecular formula is C15H12O3. The van der Waals surface area contributed by atoms with E-state index in [0.29, 0.717) is 17.1 Å². The Morgan fingerprint density at radius 3 is 1.94 bits per heavy atom. The van der Waals surface area contributed by atoms with Gasteiger partial charge in [-0.3, -0.25) is 4.79 Å². The number of hydrogen-bond acceptors (Lipinski definition) is 3. The Hall–Kier alpha value is -2.29. The van der Waals surface area contributed by atoms with Gasteiger partial charge in [0, 0.05) is 11.1 Å². The van der Waals surface area contributed by atoms with Gasteiger partial charge in [0.1, 0.15) is 0 Å². The number of benzene rings is 2. The van der Waals surface area contributed by atoms with Crippen LogP contribution in [0.1, 0.15) is 15.9 Å². The predicted molar refractivity (Wildman–Crippen MR) is 68.4 cm³/mol. The third kappa shape index (κ3) is 1.34. The van der Waals surface area contributed by atoms with Crippen LogP contribution in [0.4, 0.5) is 0 Å². The van der Waals surface area contributed by atoms with Crippen molar-refractivity contribution in [3.8, 4) is 22.6 Å². The molecule has 0 aliphatic heterocycles. The number of ketones is 1. The first-order valence-corrected chi connectivity index (χ1v) is 5.66. The molecular weight excluding hydrogens is 228 g/mol. The first kappa shape index (κ1) is 10.8. The van der Waals surface area contributed by atoms with Gasteiger partial charge in [0.2, 0.25) is 0 Å². The summed E-state index contributed by atoms with van der Waals surface area (Å²) in [6, 6.07) is 11.2. The fourth-order valence-electron chi connectivity index (χ4n) is 2.35. The van der Waals surface area contributed by atoms with Gasteiger partial charge in [0.15, 0.2) is 17.3 Å². The maximum absolute atomic E-state index is 12.3. The molecule has 90 valence electrons. The number of methoxy groups -OCH3 is 2. The summed E-state index contributed by atoms with van der Waals surface area (Å²) in [5, 5.41) is 0. The molecule has 1 aliphatic rings. The molecule has 1 aliphatic carbocycles. The summed E-state index contributed by atoms with van der Waals surface area (Å²) in [6.07, 6.45) is 0. The Morgan fingerprint density at radius 2 is 1.33 bits per heavy atom. The summed E-state index contributed by atoms with van der Waals surface area (Å²) >= 11 is 0. The molecule has 3 heteroatoms. The van der Waals surface area contributed by atoms with Gasteiger partial charge in [-0.15, -0.1) is 0 Å². The summed E-state index contributed by atoms with van der Waals surface area (Å²) in [6.45, 7) is 0. The molecule has 0 unspecified atom stereocenters. The number of hydrogen-bond donors (Lipinski definition) is 0. The molecule has 0 fully saturated rings. The van der Waals surface area contributed by atoms with Gasteiger partial charge in [0.25, 0.3) is 0 Å². The van der Waals surface area contributed by atoms with E-state index in [-0.39, 0.29) is 5.78 Å². The van der Waals surface area contributed by atoms with Crippen molar-refractivity contribution in [1.29, 1.82) is 0 Å². The molecule has 0 saturated carbocycles. The highest BCUT2D eigenvalue weighted by Gasteiger charge is 2.28. The van der Waals surface area contributed by atoms with Gasteiger partial charge in [-0.1, -0.05) is 24.3 Å². The van der Waals surface area contributed by atoms with Crippen LogP contribution in [0.25, 0.3) is 11.1 Å². The zero-order valence-corrected chi connectivity index (χ0v) is 10.2. The Balaban J connectivity index is 2.29. The highest BCUT2D eigenvalue weighted by atomic mass is 16.5. The van der Waals surface area contributed by atoms with Crippen LogP contribution in [0.2, 0.25) is 0 Å². The van der Waals surface area contributed by atoms with E-state index in [4.69, 9.17) is 9.47 Å². The van der Waals surface area contributed by atoms with Crippen LogP contribution in [0.15, 0.2) is 36.4 Å². The van der Waals surface area contributed by atoms with E-state index < -0.39 is 0 Å². The fourth-order valence-corrected chi connectivity index (χ4v) is 2.35. The number of fused-ring (bicyclic) bond motifs is 3. The summed E-state index contributed by atoms with van der Waals surface area (Å²) in [4.78, 5) is 12.3. The highest BCUT2D eigenvalue weighted by Crippen LogP contribution is 2.42. The molecule has 0 heterocycles. The summed E-state index contributed by atoms with van der Waals surface area (Å²) in [7, 11) is 3.16. The van der Waals surface area contributed by atoms with Crippen LogP contribution in [0, 0.1) is 0 Å². The largest absolute Gasteiger partial charge is 0.493 e. The fraction of sp³-hybridized carbons (Fsp3) is 0.133. The van der Waals surface area contributed by atoms with Crippen molar-refractivity contribution in [2.24, 2.45) is 0 Å². The highest BCUT2D eigenvalue weighted by molar-refractivity contribution is 6.22. The SMILES string of the molecule is COc1cc2c(cc1OC)-c1ccccc1C2=O. The van der Waals surface area contributed by atoms with E-state index in [2.05, 4.69) is 0 Å². The van der Waals surface area contributed by atoms with Crippen LogP contribution in [0.3, 0.4) is 0 Å². The lowest BCUT2D eigenvalue weighted by Crippen LogP contribution is -1.97. The van der Waals surface area contributed by atoms with Crippen molar-refractivity contribution in [3.63, 3.8) is 0 Å². The van der Waals surface area contributed by atoms with Crippen LogP contribution >= 0.6 is 0 Å². The van der Waals surface area contributed by atoms with E-state index in [1.165, 1.54) is 0 Å². The second-order valence-corrected chi connectivity index (χ2v) is 4.13. The molecule has 0 amide bonds. The molecule has 0 N–H and O–H groups in total. The lowest BCUT2D eigenvalue weighted by Gasteiger charge is -2.09. The Labute approximate surface area is 105 Å². The lowest BCUT2D eigenvalue weighted by atomic mass is 10.1. The van der Waals surface area contributed by atoms with Gasteiger partial charge in [-0.05, 0) is 23.3 Å². The third-order valence-electron chi connectivity index (χ3n) is 3.23. The summed E-state index contributed by atoms with van der Waals surface area (Å²) in [5.41, 5.74) is 3.28. The zero-order valence-electron chi connectivity index (χ0n) is 10.2. The monoisotopic (exact) mass is 240 g/mol. The van der Waals surface area contributed by atoms with Crippen LogP contribution < -0.4 is 9.47 Å². The molecule has 0 spiro atoms. The van der Waals surface area contributed by atoms with Crippen LogP contribution in [0.5, 0.6) is 11.5 Å². The molecule has 18 heavy (non-hydrogen) atoms. The standard InChI is InChI=1S/C15H12O3/c1-17-13-7-11-9-5-3-4-6-10(9)15(16)12(11)8-14(13)18-2/h3-8H,1-2H3. The average molecular weight is 240 g/mol. The van der Waals surface area contributed by atoms with Gasteiger partial charge in [-0.25, -0.2) is 0 Å². The molecule has 3 rings (SSSR count). The van der Waals surface area contributed by atoms with Gasteiger partial charge >= 0.3 is 0 Å². The van der Waals surface area contributed by atoms with E-state index in [1.54, 1.807) is 20.3 Å². The second kappa shape index (κ2) is 3.88. The molecule has 2 aromatic rings. The van der Waals surface area contributed by atoms with E-state index in [9.17, 15) is 4.79 Å². The number of carbonyl (C=O) groups is 1. The molecule has 0 bridgehead atoms. The molecule has 2 aromatic carbocycles. The minimum atomic E-state index is 0.0431. The normalized spacial score (nSPS) is 12.0. The average Bonchev–Trinajstić information content (AvgIpc) is 2.71. The van der Waals surface area contributed by atoms with Crippen molar-refractivity contribution in [1.82, 2.24) is 0 Å². The quantitative estimate of drug-likeness (QED) is 0.691. The molecule has 0 atom stereocenters. The molecule has 3 nitrogen and oxygen atoms in total. The van der Waals surface area contributed by atoms with Gasteiger partial charge in [-0.2, -0.15) is 0 Å².